The van der Waals surface area contributed by atoms with Crippen LogP contribution in [0.3, 0.4) is 0 Å². The van der Waals surface area contributed by atoms with E-state index >= 15 is 0 Å². The van der Waals surface area contributed by atoms with E-state index in [-0.39, 0.29) is 5.91 Å². The van der Waals surface area contributed by atoms with Gasteiger partial charge in [-0.1, -0.05) is 28.1 Å². The molecule has 3 rings (SSSR count). The maximum atomic E-state index is 12.5. The second-order valence-corrected chi connectivity index (χ2v) is 7.04. The van der Waals surface area contributed by atoms with Crippen LogP contribution in [0.15, 0.2) is 64.5 Å². The van der Waals surface area contributed by atoms with E-state index in [2.05, 4.69) is 21.2 Å². The molecular weight excluding hydrogens is 402 g/mol. The highest BCUT2D eigenvalue weighted by atomic mass is 79.9. The predicted molar refractivity (Wildman–Crippen MR) is 104 cm³/mol. The molecule has 0 saturated heterocycles. The fourth-order valence-electron chi connectivity index (χ4n) is 2.18. The Bertz CT molecular complexity index is 844. The van der Waals surface area contributed by atoms with Gasteiger partial charge >= 0.3 is 0 Å². The van der Waals surface area contributed by atoms with Gasteiger partial charge in [0.2, 0.25) is 0 Å². The lowest BCUT2D eigenvalue weighted by Crippen LogP contribution is -2.11. The first-order valence-electron chi connectivity index (χ1n) is 7.56. The first kappa shape index (κ1) is 17.5. The van der Waals surface area contributed by atoms with Crippen LogP contribution in [0, 0.1) is 0 Å². The maximum Gasteiger partial charge on any atom is 0.269 e. The molecule has 1 heterocycles. The van der Waals surface area contributed by atoms with Crippen molar-refractivity contribution in [2.75, 3.05) is 12.4 Å². The van der Waals surface area contributed by atoms with Gasteiger partial charge in [0.15, 0.2) is 0 Å². The maximum absolute atomic E-state index is 12.5. The van der Waals surface area contributed by atoms with Crippen molar-refractivity contribution < 1.29 is 14.3 Å². The molecule has 0 unspecified atom stereocenters. The monoisotopic (exact) mass is 417 g/mol. The third kappa shape index (κ3) is 4.61. The Morgan fingerprint density at radius 1 is 1.08 bits per heavy atom. The number of anilines is 1. The van der Waals surface area contributed by atoms with Crippen molar-refractivity contribution in [1.29, 1.82) is 0 Å². The summed E-state index contributed by atoms with van der Waals surface area (Å²) in [5.74, 6) is 1.20. The highest BCUT2D eigenvalue weighted by molar-refractivity contribution is 9.10. The van der Waals surface area contributed by atoms with Crippen LogP contribution in [-0.4, -0.2) is 13.0 Å². The van der Waals surface area contributed by atoms with Crippen LogP contribution in [0.4, 0.5) is 5.69 Å². The molecule has 6 heteroatoms. The second kappa shape index (κ2) is 8.18. The van der Waals surface area contributed by atoms with E-state index in [1.807, 2.05) is 60.0 Å². The van der Waals surface area contributed by atoms with Crippen LogP contribution >= 0.6 is 27.3 Å². The summed E-state index contributed by atoms with van der Waals surface area (Å²) in [5.41, 5.74) is 1.74. The summed E-state index contributed by atoms with van der Waals surface area (Å²) in [5, 5.41) is 4.73. The zero-order chi connectivity index (χ0) is 17.6. The van der Waals surface area contributed by atoms with E-state index < -0.39 is 0 Å². The lowest BCUT2D eigenvalue weighted by Gasteiger charge is -2.09. The Morgan fingerprint density at radius 3 is 2.48 bits per heavy atom. The summed E-state index contributed by atoms with van der Waals surface area (Å²) < 4.78 is 11.9. The normalized spacial score (nSPS) is 10.3. The number of methoxy groups -OCH3 is 1. The molecule has 0 bridgehead atoms. The number of hydrogen-bond donors (Lipinski definition) is 1. The average molecular weight is 418 g/mol. The van der Waals surface area contributed by atoms with Crippen molar-refractivity contribution >= 4 is 38.9 Å². The van der Waals surface area contributed by atoms with Crippen LogP contribution in [-0.2, 0) is 6.61 Å². The van der Waals surface area contributed by atoms with Crippen LogP contribution < -0.4 is 14.8 Å². The Kier molecular flexibility index (Phi) is 5.73. The summed E-state index contributed by atoms with van der Waals surface area (Å²) in [4.78, 5) is 13.0. The molecule has 2 aromatic carbocycles. The third-order valence-corrected chi connectivity index (χ3v) is 4.91. The number of thiophene rings is 1. The standard InChI is InChI=1S/C19H16BrNO3S/c1-23-16-8-2-13(3-9-16)12-24-17-10-11-25-18(17)19(22)21-15-6-4-14(20)5-7-15/h2-11H,12H2,1H3,(H,21,22). The Balaban J connectivity index is 1.64. The summed E-state index contributed by atoms with van der Waals surface area (Å²) >= 11 is 4.73. The summed E-state index contributed by atoms with van der Waals surface area (Å²) in [6.45, 7) is 0.388. The fourth-order valence-corrected chi connectivity index (χ4v) is 3.17. The molecule has 4 nitrogen and oxygen atoms in total. The number of amides is 1. The Labute approximate surface area is 158 Å². The molecule has 25 heavy (non-hydrogen) atoms. The van der Waals surface area contributed by atoms with Crippen LogP contribution in [0.2, 0.25) is 0 Å². The summed E-state index contributed by atoms with van der Waals surface area (Å²) in [6, 6.07) is 16.9. The second-order valence-electron chi connectivity index (χ2n) is 5.21. The van der Waals surface area contributed by atoms with Crippen LogP contribution in [0.25, 0.3) is 0 Å². The fraction of sp³-hybridized carbons (Fsp3) is 0.105. The zero-order valence-corrected chi connectivity index (χ0v) is 15.9. The molecule has 0 saturated carbocycles. The third-order valence-electron chi connectivity index (χ3n) is 3.49. The number of rotatable bonds is 6. The van der Waals surface area contributed by atoms with Crippen LogP contribution in [0.1, 0.15) is 15.2 Å². The van der Waals surface area contributed by atoms with Crippen LogP contribution in [0.5, 0.6) is 11.5 Å². The van der Waals surface area contributed by atoms with E-state index in [1.165, 1.54) is 11.3 Å². The first-order valence-corrected chi connectivity index (χ1v) is 9.23. The zero-order valence-electron chi connectivity index (χ0n) is 13.5. The van der Waals surface area contributed by atoms with Gasteiger partial charge in [-0.05, 0) is 53.4 Å². The van der Waals surface area contributed by atoms with Gasteiger partial charge in [-0.2, -0.15) is 0 Å². The van der Waals surface area contributed by atoms with Gasteiger partial charge in [-0.15, -0.1) is 11.3 Å². The lowest BCUT2D eigenvalue weighted by molar-refractivity contribution is 0.102. The van der Waals surface area contributed by atoms with E-state index in [4.69, 9.17) is 9.47 Å². The highest BCUT2D eigenvalue weighted by Crippen LogP contribution is 2.27. The predicted octanol–water partition coefficient (Wildman–Crippen LogP) is 5.35. The molecule has 0 aliphatic carbocycles. The Hall–Kier alpha value is -2.31. The van der Waals surface area contributed by atoms with Gasteiger partial charge < -0.3 is 14.8 Å². The SMILES string of the molecule is COc1ccc(COc2ccsc2C(=O)Nc2ccc(Br)cc2)cc1. The number of carbonyl (C=O) groups excluding carboxylic acids is 1. The molecule has 0 radical (unpaired) electrons. The molecule has 128 valence electrons. The number of ether oxygens (including phenoxy) is 2. The molecule has 1 aromatic heterocycles. The lowest BCUT2D eigenvalue weighted by atomic mass is 10.2. The van der Waals surface area contributed by atoms with Crippen molar-refractivity contribution in [3.63, 3.8) is 0 Å². The average Bonchev–Trinajstić information content (AvgIpc) is 3.11. The number of carbonyl (C=O) groups is 1. The first-order chi connectivity index (χ1) is 12.2. The van der Waals surface area contributed by atoms with E-state index in [0.717, 1.165) is 21.5 Å². The number of halogens is 1. The number of benzene rings is 2. The molecule has 0 atom stereocenters. The van der Waals surface area contributed by atoms with Gasteiger partial charge in [-0.3, -0.25) is 4.79 Å². The smallest absolute Gasteiger partial charge is 0.269 e. The van der Waals surface area contributed by atoms with E-state index in [9.17, 15) is 4.79 Å². The molecule has 0 aliphatic heterocycles. The molecular formula is C19H16BrNO3S. The van der Waals surface area contributed by atoms with Gasteiger partial charge in [0.1, 0.15) is 23.0 Å². The van der Waals surface area contributed by atoms with Crippen molar-refractivity contribution in [1.82, 2.24) is 0 Å². The van der Waals surface area contributed by atoms with E-state index in [0.29, 0.717) is 17.2 Å². The largest absolute Gasteiger partial charge is 0.497 e. The molecule has 0 spiro atoms. The van der Waals surface area contributed by atoms with Gasteiger partial charge in [0, 0.05) is 10.2 Å². The van der Waals surface area contributed by atoms with Crippen molar-refractivity contribution in [2.24, 2.45) is 0 Å². The molecule has 0 aliphatic rings. The number of nitrogens with one attached hydrogen (secondary N) is 1. The molecule has 1 N–H and O–H groups in total. The summed E-state index contributed by atoms with van der Waals surface area (Å²) in [6.07, 6.45) is 0. The molecule has 0 fully saturated rings. The Morgan fingerprint density at radius 2 is 1.80 bits per heavy atom. The minimum absolute atomic E-state index is 0.179. The highest BCUT2D eigenvalue weighted by Gasteiger charge is 2.15. The van der Waals surface area contributed by atoms with Crippen molar-refractivity contribution in [2.45, 2.75) is 6.61 Å². The van der Waals surface area contributed by atoms with Gasteiger partial charge in [-0.25, -0.2) is 0 Å². The minimum atomic E-state index is -0.179. The van der Waals surface area contributed by atoms with E-state index in [1.54, 1.807) is 7.11 Å². The van der Waals surface area contributed by atoms with Gasteiger partial charge in [0.05, 0.1) is 7.11 Å². The summed E-state index contributed by atoms with van der Waals surface area (Å²) in [7, 11) is 1.63. The van der Waals surface area contributed by atoms with Crippen molar-refractivity contribution in [3.05, 3.63) is 74.9 Å². The topological polar surface area (TPSA) is 47.6 Å². The number of hydrogen-bond acceptors (Lipinski definition) is 4. The molecule has 3 aromatic rings. The minimum Gasteiger partial charge on any atom is -0.497 e. The van der Waals surface area contributed by atoms with Crippen molar-refractivity contribution in [3.8, 4) is 11.5 Å². The van der Waals surface area contributed by atoms with Gasteiger partial charge in [0.25, 0.3) is 5.91 Å². The molecule has 1 amide bonds. The quantitative estimate of drug-likeness (QED) is 0.587.